The topological polar surface area (TPSA) is 67.8 Å². The summed E-state index contributed by atoms with van der Waals surface area (Å²) in [4.78, 5) is 11.0. The maximum Gasteiger partial charge on any atom is 0.157 e. The molecule has 0 heterocycles. The van der Waals surface area contributed by atoms with Crippen LogP contribution >= 0.6 is 0 Å². The third-order valence-corrected chi connectivity index (χ3v) is 3.08. The summed E-state index contributed by atoms with van der Waals surface area (Å²) >= 11 is 0. The van der Waals surface area contributed by atoms with Gasteiger partial charge in [0.15, 0.2) is 5.54 Å². The van der Waals surface area contributed by atoms with Crippen molar-refractivity contribution < 1.29 is 15.6 Å². The summed E-state index contributed by atoms with van der Waals surface area (Å²) in [5.74, 6) is -1.17. The largest absolute Gasteiger partial charge is 0.543 e. The van der Waals surface area contributed by atoms with E-state index in [2.05, 4.69) is 5.73 Å². The fourth-order valence-electron chi connectivity index (χ4n) is 1.78. The molecule has 0 aliphatic heterocycles. The molecule has 2 rings (SSSR count). The van der Waals surface area contributed by atoms with Crippen molar-refractivity contribution >= 4 is 5.97 Å². The van der Waals surface area contributed by atoms with Crippen LogP contribution in [0.1, 0.15) is 12.5 Å². The number of hydrogen-bond acceptors (Lipinski definition) is 2. The zero-order chi connectivity index (χ0) is 13.2. The van der Waals surface area contributed by atoms with Gasteiger partial charge in [-0.05, 0) is 11.1 Å². The Hall–Kier alpha value is -2.13. The van der Waals surface area contributed by atoms with E-state index >= 15 is 0 Å². The lowest BCUT2D eigenvalue weighted by atomic mass is 9.92. The Morgan fingerprint density at radius 2 is 1.50 bits per heavy atom. The summed E-state index contributed by atoms with van der Waals surface area (Å²) < 4.78 is 0. The number of carboxylic acids is 1. The Bertz CT molecular complexity index is 544. The molecule has 3 heteroatoms. The number of benzene rings is 2. The van der Waals surface area contributed by atoms with Crippen molar-refractivity contribution in [3.8, 4) is 11.1 Å². The molecule has 3 nitrogen and oxygen atoms in total. The first kappa shape index (κ1) is 12.3. The normalized spacial score (nSPS) is 13.9. The molecule has 0 saturated carbocycles. The third kappa shape index (κ3) is 2.26. The van der Waals surface area contributed by atoms with Gasteiger partial charge in [0.2, 0.25) is 0 Å². The van der Waals surface area contributed by atoms with Crippen LogP contribution in [0.5, 0.6) is 0 Å². The molecule has 0 aliphatic rings. The molecule has 0 spiro atoms. The highest BCUT2D eigenvalue weighted by atomic mass is 16.4. The van der Waals surface area contributed by atoms with Gasteiger partial charge < -0.3 is 15.6 Å². The van der Waals surface area contributed by atoms with E-state index in [9.17, 15) is 9.90 Å². The van der Waals surface area contributed by atoms with Gasteiger partial charge in [0.25, 0.3) is 0 Å². The van der Waals surface area contributed by atoms with Crippen molar-refractivity contribution in [1.29, 1.82) is 0 Å². The van der Waals surface area contributed by atoms with E-state index in [4.69, 9.17) is 0 Å². The van der Waals surface area contributed by atoms with E-state index in [1.165, 1.54) is 0 Å². The zero-order valence-corrected chi connectivity index (χ0v) is 10.2. The number of quaternary nitrogens is 1. The van der Waals surface area contributed by atoms with Crippen LogP contribution in [-0.4, -0.2) is 5.97 Å². The average Bonchev–Trinajstić information content (AvgIpc) is 2.40. The third-order valence-electron chi connectivity index (χ3n) is 3.08. The van der Waals surface area contributed by atoms with Gasteiger partial charge in [-0.25, -0.2) is 0 Å². The molecule has 3 N–H and O–H groups in total. The second-order valence-electron chi connectivity index (χ2n) is 4.56. The van der Waals surface area contributed by atoms with Gasteiger partial charge in [0.05, 0.1) is 0 Å². The Labute approximate surface area is 106 Å². The Morgan fingerprint density at radius 3 is 2.00 bits per heavy atom. The predicted octanol–water partition coefficient (Wildman–Crippen LogP) is 0.561. The molecule has 0 saturated heterocycles. The Morgan fingerprint density at radius 1 is 1.00 bits per heavy atom. The molecule has 0 fully saturated rings. The molecule has 2 aromatic carbocycles. The van der Waals surface area contributed by atoms with Crippen LogP contribution in [0.2, 0.25) is 0 Å². The van der Waals surface area contributed by atoms with E-state index in [-0.39, 0.29) is 0 Å². The van der Waals surface area contributed by atoms with Crippen LogP contribution in [0.4, 0.5) is 0 Å². The molecule has 2 aromatic rings. The quantitative estimate of drug-likeness (QED) is 0.853. The zero-order valence-electron chi connectivity index (χ0n) is 10.2. The van der Waals surface area contributed by atoms with Crippen molar-refractivity contribution in [2.24, 2.45) is 0 Å². The van der Waals surface area contributed by atoms with Gasteiger partial charge in [-0.15, -0.1) is 0 Å². The van der Waals surface area contributed by atoms with E-state index < -0.39 is 11.5 Å². The van der Waals surface area contributed by atoms with Gasteiger partial charge in [0.1, 0.15) is 5.97 Å². The van der Waals surface area contributed by atoms with Crippen molar-refractivity contribution in [3.63, 3.8) is 0 Å². The van der Waals surface area contributed by atoms with Crippen molar-refractivity contribution in [3.05, 3.63) is 60.2 Å². The standard InChI is InChI=1S/C15H15NO2/c1-15(16,14(17)18)13-9-7-12(8-10-13)11-5-3-2-4-6-11/h2-10H,16H2,1H3,(H,17,18)/t15-/m0/s1. The van der Waals surface area contributed by atoms with Gasteiger partial charge in [-0.3, -0.25) is 0 Å². The summed E-state index contributed by atoms with van der Waals surface area (Å²) in [6, 6.07) is 17.3. The van der Waals surface area contributed by atoms with Gasteiger partial charge in [-0.1, -0.05) is 54.6 Å². The minimum Gasteiger partial charge on any atom is -0.543 e. The SMILES string of the molecule is C[C@@]([NH3+])(C(=O)[O-])c1ccc(-c2ccccc2)cc1. The molecule has 0 unspecified atom stereocenters. The Balaban J connectivity index is 2.35. The first-order valence-electron chi connectivity index (χ1n) is 5.74. The number of carbonyl (C=O) groups is 1. The summed E-state index contributed by atoms with van der Waals surface area (Å²) in [7, 11) is 0. The molecule has 0 aromatic heterocycles. The maximum absolute atomic E-state index is 11.0. The average molecular weight is 241 g/mol. The van der Waals surface area contributed by atoms with Crippen LogP contribution < -0.4 is 10.8 Å². The molecular weight excluding hydrogens is 226 g/mol. The molecule has 92 valence electrons. The predicted molar refractivity (Wildman–Crippen MR) is 67.1 cm³/mol. The summed E-state index contributed by atoms with van der Waals surface area (Å²) in [6.07, 6.45) is 0. The molecule has 0 radical (unpaired) electrons. The van der Waals surface area contributed by atoms with Gasteiger partial charge >= 0.3 is 0 Å². The highest BCUT2D eigenvalue weighted by Gasteiger charge is 2.26. The molecule has 0 amide bonds. The highest BCUT2D eigenvalue weighted by molar-refractivity contribution is 5.76. The lowest BCUT2D eigenvalue weighted by molar-refractivity contribution is -0.489. The van der Waals surface area contributed by atoms with Crippen LogP contribution in [0.3, 0.4) is 0 Å². The second kappa shape index (κ2) is 4.63. The van der Waals surface area contributed by atoms with E-state index in [0.717, 1.165) is 11.1 Å². The summed E-state index contributed by atoms with van der Waals surface area (Å²) in [5, 5.41) is 11.0. The molecule has 0 aliphatic carbocycles. The van der Waals surface area contributed by atoms with E-state index in [1.54, 1.807) is 19.1 Å². The molecule has 18 heavy (non-hydrogen) atoms. The fraction of sp³-hybridized carbons (Fsp3) is 0.133. The lowest BCUT2D eigenvalue weighted by Crippen LogP contribution is -2.75. The number of rotatable bonds is 3. The minimum atomic E-state index is -1.21. The first-order valence-corrected chi connectivity index (χ1v) is 5.74. The van der Waals surface area contributed by atoms with Gasteiger partial charge in [-0.2, -0.15) is 0 Å². The van der Waals surface area contributed by atoms with Gasteiger partial charge in [0, 0.05) is 12.5 Å². The molecular formula is C15H15NO2. The van der Waals surface area contributed by atoms with Crippen molar-refractivity contribution in [2.75, 3.05) is 0 Å². The van der Waals surface area contributed by atoms with E-state index in [1.807, 2.05) is 42.5 Å². The van der Waals surface area contributed by atoms with Crippen LogP contribution in [-0.2, 0) is 10.3 Å². The maximum atomic E-state index is 11.0. The highest BCUT2D eigenvalue weighted by Crippen LogP contribution is 2.22. The number of carboxylic acid groups (broad SMARTS) is 1. The van der Waals surface area contributed by atoms with Crippen LogP contribution in [0, 0.1) is 0 Å². The lowest BCUT2D eigenvalue weighted by Gasteiger charge is -2.22. The van der Waals surface area contributed by atoms with Crippen LogP contribution in [0.15, 0.2) is 54.6 Å². The smallest absolute Gasteiger partial charge is 0.157 e. The first-order chi connectivity index (χ1) is 8.51. The van der Waals surface area contributed by atoms with Crippen molar-refractivity contribution in [1.82, 2.24) is 0 Å². The monoisotopic (exact) mass is 241 g/mol. The minimum absolute atomic E-state index is 0.641. The second-order valence-corrected chi connectivity index (χ2v) is 4.56. The summed E-state index contributed by atoms with van der Waals surface area (Å²) in [6.45, 7) is 1.54. The fourth-order valence-corrected chi connectivity index (χ4v) is 1.78. The summed E-state index contributed by atoms with van der Waals surface area (Å²) in [5.41, 5.74) is 5.26. The number of carbonyl (C=O) groups excluding carboxylic acids is 1. The van der Waals surface area contributed by atoms with Crippen molar-refractivity contribution in [2.45, 2.75) is 12.5 Å². The number of hydrogen-bond donors (Lipinski definition) is 1. The molecule has 0 bridgehead atoms. The number of aliphatic carboxylic acids is 1. The van der Waals surface area contributed by atoms with E-state index in [0.29, 0.717) is 5.56 Å². The van der Waals surface area contributed by atoms with Crippen LogP contribution in [0.25, 0.3) is 11.1 Å². The molecule has 1 atom stereocenters. The Kier molecular flexibility index (Phi) is 3.17.